The van der Waals surface area contributed by atoms with E-state index in [4.69, 9.17) is 0 Å². The molecule has 3 heteroatoms. The van der Waals surface area contributed by atoms with Crippen LogP contribution in [0.15, 0.2) is 48.5 Å². The van der Waals surface area contributed by atoms with Crippen molar-refractivity contribution in [3.63, 3.8) is 0 Å². The average Bonchev–Trinajstić information content (AvgIpc) is 2.32. The van der Waals surface area contributed by atoms with Crippen LogP contribution in [0.5, 0.6) is 5.75 Å². The molecule has 0 aromatic heterocycles. The molecular formula is C14H14INO. The minimum atomic E-state index is 0.0799. The van der Waals surface area contributed by atoms with Gasteiger partial charge in [-0.2, -0.15) is 0 Å². The molecule has 0 bridgehead atoms. The van der Waals surface area contributed by atoms with Gasteiger partial charge in [0.1, 0.15) is 5.75 Å². The van der Waals surface area contributed by atoms with Gasteiger partial charge in [-0.1, -0.05) is 18.2 Å². The van der Waals surface area contributed by atoms with Crippen molar-refractivity contribution in [2.75, 3.05) is 5.32 Å². The maximum Gasteiger partial charge on any atom is 0.120 e. The van der Waals surface area contributed by atoms with Gasteiger partial charge < -0.3 is 10.4 Å². The fourth-order valence-corrected chi connectivity index (χ4v) is 2.09. The Labute approximate surface area is 115 Å². The Morgan fingerprint density at radius 3 is 2.35 bits per heavy atom. The average molecular weight is 339 g/mol. The highest BCUT2D eigenvalue weighted by Gasteiger charge is 2.08. The van der Waals surface area contributed by atoms with E-state index in [1.165, 1.54) is 3.57 Å². The van der Waals surface area contributed by atoms with Crippen LogP contribution in [-0.4, -0.2) is 5.11 Å². The van der Waals surface area contributed by atoms with Crippen molar-refractivity contribution in [2.45, 2.75) is 13.0 Å². The first-order chi connectivity index (χ1) is 8.16. The molecule has 0 saturated carbocycles. The Hall–Kier alpha value is -1.23. The molecule has 0 amide bonds. The summed E-state index contributed by atoms with van der Waals surface area (Å²) in [5.74, 6) is 0.331. The third-order valence-corrected chi connectivity index (χ3v) is 3.35. The molecular weight excluding hydrogens is 325 g/mol. The number of phenolic OH excluding ortho intramolecular Hbond substituents is 1. The number of nitrogens with one attached hydrogen (secondary N) is 1. The maximum atomic E-state index is 9.76. The van der Waals surface area contributed by atoms with Gasteiger partial charge in [0, 0.05) is 14.8 Å². The molecule has 2 aromatic rings. The van der Waals surface area contributed by atoms with Crippen molar-refractivity contribution in [3.8, 4) is 5.75 Å². The summed E-state index contributed by atoms with van der Waals surface area (Å²) in [6.07, 6.45) is 0. The minimum Gasteiger partial charge on any atom is -0.508 e. The third-order valence-electron chi connectivity index (χ3n) is 2.63. The summed E-state index contributed by atoms with van der Waals surface area (Å²) in [5.41, 5.74) is 1.97. The van der Waals surface area contributed by atoms with Crippen LogP contribution in [-0.2, 0) is 0 Å². The largest absolute Gasteiger partial charge is 0.508 e. The molecule has 2 N–H and O–H groups in total. The van der Waals surface area contributed by atoms with Gasteiger partial charge in [0.05, 0.1) is 6.04 Å². The zero-order valence-electron chi connectivity index (χ0n) is 9.52. The smallest absolute Gasteiger partial charge is 0.120 e. The van der Waals surface area contributed by atoms with Gasteiger partial charge in [0.15, 0.2) is 0 Å². The molecule has 0 spiro atoms. The lowest BCUT2D eigenvalue weighted by Gasteiger charge is -2.16. The zero-order chi connectivity index (χ0) is 12.3. The van der Waals surface area contributed by atoms with Gasteiger partial charge in [-0.25, -0.2) is 0 Å². The number of aromatic hydroxyl groups is 1. The quantitative estimate of drug-likeness (QED) is 0.823. The van der Waals surface area contributed by atoms with E-state index in [-0.39, 0.29) is 6.04 Å². The SMILES string of the molecule is CC(Nc1ccc(I)cc1)c1ccccc1O. The van der Waals surface area contributed by atoms with Crippen molar-refractivity contribution in [3.05, 3.63) is 57.7 Å². The Kier molecular flexibility index (Phi) is 3.89. The number of hydrogen-bond acceptors (Lipinski definition) is 2. The van der Waals surface area contributed by atoms with E-state index in [0.717, 1.165) is 11.3 Å². The second-order valence-electron chi connectivity index (χ2n) is 3.93. The van der Waals surface area contributed by atoms with Gasteiger partial charge in [0.25, 0.3) is 0 Å². The van der Waals surface area contributed by atoms with Crippen molar-refractivity contribution >= 4 is 28.3 Å². The first-order valence-corrected chi connectivity index (χ1v) is 6.54. The van der Waals surface area contributed by atoms with Crippen molar-refractivity contribution in [1.82, 2.24) is 0 Å². The molecule has 1 unspecified atom stereocenters. The molecule has 2 aromatic carbocycles. The highest BCUT2D eigenvalue weighted by Crippen LogP contribution is 2.26. The van der Waals surface area contributed by atoms with Crippen LogP contribution >= 0.6 is 22.6 Å². The summed E-state index contributed by atoms with van der Waals surface area (Å²) >= 11 is 2.28. The highest BCUT2D eigenvalue weighted by molar-refractivity contribution is 14.1. The van der Waals surface area contributed by atoms with E-state index in [1.807, 2.05) is 37.3 Å². The predicted molar refractivity (Wildman–Crippen MR) is 79.3 cm³/mol. The van der Waals surface area contributed by atoms with Crippen LogP contribution in [0.3, 0.4) is 0 Å². The lowest BCUT2D eigenvalue weighted by atomic mass is 10.1. The molecule has 88 valence electrons. The molecule has 0 saturated heterocycles. The normalized spacial score (nSPS) is 12.1. The van der Waals surface area contributed by atoms with E-state index >= 15 is 0 Å². The lowest BCUT2D eigenvalue weighted by molar-refractivity contribution is 0.465. The number of para-hydroxylation sites is 1. The van der Waals surface area contributed by atoms with E-state index in [1.54, 1.807) is 6.07 Å². The number of hydrogen-bond donors (Lipinski definition) is 2. The molecule has 0 aliphatic heterocycles. The third kappa shape index (κ3) is 3.12. The summed E-state index contributed by atoms with van der Waals surface area (Å²) in [6.45, 7) is 2.03. The first-order valence-electron chi connectivity index (χ1n) is 5.47. The summed E-state index contributed by atoms with van der Waals surface area (Å²) in [5, 5.41) is 13.1. The molecule has 1 atom stereocenters. The number of halogens is 1. The van der Waals surface area contributed by atoms with Crippen molar-refractivity contribution < 1.29 is 5.11 Å². The molecule has 0 aliphatic rings. The predicted octanol–water partition coefficient (Wildman–Crippen LogP) is 4.17. The Bertz CT molecular complexity index is 496. The summed E-state index contributed by atoms with van der Waals surface area (Å²) in [6, 6.07) is 15.7. The first kappa shape index (κ1) is 12.2. The number of rotatable bonds is 3. The molecule has 0 heterocycles. The van der Waals surface area contributed by atoms with Gasteiger partial charge in [0.2, 0.25) is 0 Å². The van der Waals surface area contributed by atoms with Crippen LogP contribution in [0.25, 0.3) is 0 Å². The van der Waals surface area contributed by atoms with Crippen LogP contribution in [0.2, 0.25) is 0 Å². The number of benzene rings is 2. The Morgan fingerprint density at radius 2 is 1.71 bits per heavy atom. The van der Waals surface area contributed by atoms with Gasteiger partial charge in [-0.05, 0) is 59.8 Å². The van der Waals surface area contributed by atoms with Crippen LogP contribution < -0.4 is 5.32 Å². The molecule has 2 nitrogen and oxygen atoms in total. The van der Waals surface area contributed by atoms with Gasteiger partial charge in [-0.3, -0.25) is 0 Å². The minimum absolute atomic E-state index is 0.0799. The van der Waals surface area contributed by atoms with Crippen molar-refractivity contribution in [2.24, 2.45) is 0 Å². The molecule has 0 radical (unpaired) electrons. The number of anilines is 1. The van der Waals surface area contributed by atoms with E-state index in [9.17, 15) is 5.11 Å². The number of phenols is 1. The fraction of sp³-hybridized carbons (Fsp3) is 0.143. The van der Waals surface area contributed by atoms with E-state index < -0.39 is 0 Å². The second-order valence-corrected chi connectivity index (χ2v) is 5.18. The maximum absolute atomic E-state index is 9.76. The van der Waals surface area contributed by atoms with Crippen LogP contribution in [0, 0.1) is 3.57 Å². The van der Waals surface area contributed by atoms with Gasteiger partial charge >= 0.3 is 0 Å². The van der Waals surface area contributed by atoms with Crippen LogP contribution in [0.1, 0.15) is 18.5 Å². The summed E-state index contributed by atoms with van der Waals surface area (Å²) < 4.78 is 1.21. The summed E-state index contributed by atoms with van der Waals surface area (Å²) in [4.78, 5) is 0. The van der Waals surface area contributed by atoms with Crippen molar-refractivity contribution in [1.29, 1.82) is 0 Å². The molecule has 2 rings (SSSR count). The topological polar surface area (TPSA) is 32.3 Å². The Balaban J connectivity index is 2.14. The van der Waals surface area contributed by atoms with Gasteiger partial charge in [-0.15, -0.1) is 0 Å². The fourth-order valence-electron chi connectivity index (χ4n) is 1.73. The van der Waals surface area contributed by atoms with E-state index in [2.05, 4.69) is 40.0 Å². The standard InChI is InChI=1S/C14H14INO/c1-10(13-4-2-3-5-14(13)17)16-12-8-6-11(15)7-9-12/h2-10,16-17H,1H3. The van der Waals surface area contributed by atoms with E-state index in [0.29, 0.717) is 5.75 Å². The zero-order valence-corrected chi connectivity index (χ0v) is 11.7. The Morgan fingerprint density at radius 1 is 1.06 bits per heavy atom. The second kappa shape index (κ2) is 5.40. The summed E-state index contributed by atoms with van der Waals surface area (Å²) in [7, 11) is 0. The molecule has 0 aliphatic carbocycles. The lowest BCUT2D eigenvalue weighted by Crippen LogP contribution is -2.06. The van der Waals surface area contributed by atoms with Crippen LogP contribution in [0.4, 0.5) is 5.69 Å². The monoisotopic (exact) mass is 339 g/mol. The highest BCUT2D eigenvalue weighted by atomic mass is 127. The molecule has 0 fully saturated rings. The molecule has 17 heavy (non-hydrogen) atoms.